The van der Waals surface area contributed by atoms with E-state index in [1.807, 2.05) is 23.1 Å². The van der Waals surface area contributed by atoms with Crippen LogP contribution in [0.4, 0.5) is 10.2 Å². The second-order valence-electron chi connectivity index (χ2n) is 15.9. The first-order valence-corrected chi connectivity index (χ1v) is 20.1. The lowest BCUT2D eigenvalue weighted by molar-refractivity contribution is -0.0366. The Hall–Kier alpha value is -3.46. The minimum absolute atomic E-state index is 0.129. The Morgan fingerprint density at radius 2 is 2.06 bits per heavy atom. The lowest BCUT2D eigenvalue weighted by Crippen LogP contribution is -2.43. The SMILES string of the molecule is C[C@@]1(O)COCCN(c2nc(OC[C@@]34CCCN3C/C(=C\F)C4)nc3sc4c(-c5c(C6CC6)c(Cl)cc6c5cnn6C5CCCCO5)nccc4c23)C1. The number of ether oxygens (including phenoxy) is 3. The summed E-state index contributed by atoms with van der Waals surface area (Å²) in [5, 5.41) is 19.8. The van der Waals surface area contributed by atoms with Gasteiger partial charge in [-0.05, 0) is 94.0 Å². The first-order valence-electron chi connectivity index (χ1n) is 18.9. The van der Waals surface area contributed by atoms with Gasteiger partial charge in [-0.25, -0.2) is 9.07 Å². The van der Waals surface area contributed by atoms with Crippen LogP contribution in [0.1, 0.15) is 76.0 Å². The summed E-state index contributed by atoms with van der Waals surface area (Å²) in [6, 6.07) is 4.37. The van der Waals surface area contributed by atoms with Gasteiger partial charge in [-0.1, -0.05) is 11.6 Å². The van der Waals surface area contributed by atoms with Gasteiger partial charge in [-0.3, -0.25) is 9.88 Å². The molecule has 1 aliphatic carbocycles. The van der Waals surface area contributed by atoms with Gasteiger partial charge in [0.15, 0.2) is 6.23 Å². The Bertz CT molecular complexity index is 2270. The van der Waals surface area contributed by atoms with Gasteiger partial charge < -0.3 is 24.2 Å². The zero-order chi connectivity index (χ0) is 35.9. The Balaban J connectivity index is 1.14. The summed E-state index contributed by atoms with van der Waals surface area (Å²) in [6.45, 7) is 5.99. The van der Waals surface area contributed by atoms with Gasteiger partial charge in [0.1, 0.15) is 22.9 Å². The average molecular weight is 760 g/mol. The molecule has 278 valence electrons. The van der Waals surface area contributed by atoms with E-state index in [1.165, 1.54) is 0 Å². The fourth-order valence-corrected chi connectivity index (χ4v) is 10.7. The summed E-state index contributed by atoms with van der Waals surface area (Å²) in [6.07, 6.45) is 12.3. The Kier molecular flexibility index (Phi) is 8.41. The Morgan fingerprint density at radius 1 is 1.15 bits per heavy atom. The molecular formula is C39H43ClFN7O4S. The van der Waals surface area contributed by atoms with Crippen LogP contribution in [0.25, 0.3) is 42.5 Å². The number of thiophene rings is 1. The van der Waals surface area contributed by atoms with E-state index in [1.54, 1.807) is 18.3 Å². The van der Waals surface area contributed by atoms with Crippen molar-refractivity contribution in [2.45, 2.75) is 81.6 Å². The van der Waals surface area contributed by atoms with Crippen LogP contribution >= 0.6 is 22.9 Å². The number of aromatic nitrogens is 5. The molecule has 1 unspecified atom stereocenters. The Labute approximate surface area is 315 Å². The van der Waals surface area contributed by atoms with E-state index < -0.39 is 5.60 Å². The summed E-state index contributed by atoms with van der Waals surface area (Å²) < 4.78 is 35.2. The number of nitrogens with zero attached hydrogens (tertiary/aromatic N) is 7. The van der Waals surface area contributed by atoms with E-state index in [2.05, 4.69) is 15.9 Å². The minimum atomic E-state index is -1.08. The van der Waals surface area contributed by atoms with Gasteiger partial charge in [0.25, 0.3) is 0 Å². The lowest BCUT2D eigenvalue weighted by Gasteiger charge is -2.31. The standard InChI is InChI=1S/C39H43ClFN7O4S/c1-38(49)20-46(12-14-50-21-38)35-32-25-8-10-42-33(31-26-18-43-48(29-5-2-3-13-51-29)28(26)15-27(40)30(31)24-6-7-24)34(25)53-36(32)45-37(44-35)52-22-39-9-4-11-47(39)19-23(16-39)17-41/h8,10,15,17-18,24,29,49H,2-7,9,11-14,16,19-22H2,1H3/b23-17-/t29?,38-,39-/m0/s1. The number of fused-ring (bicyclic) bond motifs is 5. The number of benzene rings is 1. The molecule has 0 spiro atoms. The monoisotopic (exact) mass is 759 g/mol. The highest BCUT2D eigenvalue weighted by Gasteiger charge is 2.47. The number of anilines is 1. The molecule has 1 N–H and O–H groups in total. The molecule has 4 saturated heterocycles. The summed E-state index contributed by atoms with van der Waals surface area (Å²) in [7, 11) is 0. The topological polar surface area (TPSA) is 111 Å². The van der Waals surface area contributed by atoms with Crippen LogP contribution in [0.2, 0.25) is 5.02 Å². The van der Waals surface area contributed by atoms with Crippen LogP contribution in [0.3, 0.4) is 0 Å². The maximum atomic E-state index is 13.7. The number of rotatable bonds is 7. The zero-order valence-corrected chi connectivity index (χ0v) is 31.4. The molecule has 14 heteroatoms. The van der Waals surface area contributed by atoms with Gasteiger partial charge >= 0.3 is 6.01 Å². The molecule has 5 aromatic rings. The lowest BCUT2D eigenvalue weighted by atomic mass is 9.94. The molecule has 0 amide bonds. The third kappa shape index (κ3) is 5.90. The van der Waals surface area contributed by atoms with Crippen LogP contribution in [-0.4, -0.2) is 98.5 Å². The average Bonchev–Trinajstić information content (AvgIpc) is 3.49. The number of pyridine rings is 1. The van der Waals surface area contributed by atoms with Gasteiger partial charge in [0.05, 0.1) is 59.1 Å². The third-order valence-corrected chi connectivity index (χ3v) is 13.2. The largest absolute Gasteiger partial charge is 0.461 e. The molecule has 4 aromatic heterocycles. The van der Waals surface area contributed by atoms with Gasteiger partial charge in [0.2, 0.25) is 0 Å². The van der Waals surface area contributed by atoms with E-state index in [0.29, 0.717) is 51.0 Å². The summed E-state index contributed by atoms with van der Waals surface area (Å²) >= 11 is 8.78. The summed E-state index contributed by atoms with van der Waals surface area (Å²) in [5.41, 5.74) is 3.39. The van der Waals surface area contributed by atoms with E-state index in [4.69, 9.17) is 45.9 Å². The molecule has 10 rings (SSSR count). The molecule has 1 aromatic carbocycles. The van der Waals surface area contributed by atoms with Crippen molar-refractivity contribution in [3.63, 3.8) is 0 Å². The van der Waals surface area contributed by atoms with Crippen LogP contribution in [0.15, 0.2) is 36.4 Å². The molecule has 5 fully saturated rings. The van der Waals surface area contributed by atoms with Crippen molar-refractivity contribution in [1.29, 1.82) is 0 Å². The first-order chi connectivity index (χ1) is 25.8. The first kappa shape index (κ1) is 34.1. The molecular weight excluding hydrogens is 717 g/mol. The maximum absolute atomic E-state index is 13.7. The van der Waals surface area contributed by atoms with Crippen molar-refractivity contribution in [1.82, 2.24) is 29.6 Å². The van der Waals surface area contributed by atoms with Crippen LogP contribution in [-0.2, 0) is 9.47 Å². The van der Waals surface area contributed by atoms with E-state index >= 15 is 0 Å². The molecule has 0 radical (unpaired) electrons. The second kappa shape index (κ2) is 13.1. The third-order valence-electron chi connectivity index (χ3n) is 11.8. The fraction of sp³-hybridized carbons (Fsp3) is 0.538. The van der Waals surface area contributed by atoms with Gasteiger partial charge in [-0.15, -0.1) is 11.3 Å². The number of β-amino-alcohol motifs (C(OH)–C–C–N with tert-alkyl or cyclic N) is 1. The van der Waals surface area contributed by atoms with Crippen LogP contribution in [0.5, 0.6) is 6.01 Å². The molecule has 5 aliphatic rings. The minimum Gasteiger partial charge on any atom is -0.461 e. The highest BCUT2D eigenvalue weighted by atomic mass is 35.5. The normalized spacial score (nSPS) is 27.7. The zero-order valence-electron chi connectivity index (χ0n) is 29.8. The maximum Gasteiger partial charge on any atom is 0.319 e. The van der Waals surface area contributed by atoms with Crippen molar-refractivity contribution >= 4 is 60.0 Å². The quantitative estimate of drug-likeness (QED) is 0.179. The molecule has 4 aliphatic heterocycles. The van der Waals surface area contributed by atoms with Crippen molar-refractivity contribution in [2.75, 3.05) is 57.5 Å². The van der Waals surface area contributed by atoms with Crippen LogP contribution in [0, 0.1) is 0 Å². The second-order valence-corrected chi connectivity index (χ2v) is 17.3. The van der Waals surface area contributed by atoms with Gasteiger partial charge in [-0.2, -0.15) is 15.1 Å². The van der Waals surface area contributed by atoms with E-state index in [9.17, 15) is 9.50 Å². The van der Waals surface area contributed by atoms with Crippen molar-refractivity contribution in [2.24, 2.45) is 0 Å². The molecule has 11 nitrogen and oxygen atoms in total. The van der Waals surface area contributed by atoms with Gasteiger partial charge in [0, 0.05) is 47.3 Å². The molecule has 3 atom stereocenters. The summed E-state index contributed by atoms with van der Waals surface area (Å²) in [5.74, 6) is 1.05. The fourth-order valence-electron chi connectivity index (χ4n) is 9.21. The Morgan fingerprint density at radius 3 is 2.89 bits per heavy atom. The number of hydrogen-bond acceptors (Lipinski definition) is 11. The number of hydrogen-bond donors (Lipinski definition) is 1. The van der Waals surface area contributed by atoms with Crippen molar-refractivity contribution in [3.8, 4) is 17.3 Å². The number of aliphatic hydroxyl groups is 1. The highest BCUT2D eigenvalue weighted by molar-refractivity contribution is 7.26. The smallest absolute Gasteiger partial charge is 0.319 e. The molecule has 0 bridgehead atoms. The highest BCUT2D eigenvalue weighted by Crippen LogP contribution is 2.53. The van der Waals surface area contributed by atoms with Crippen molar-refractivity contribution in [3.05, 3.63) is 47.0 Å². The predicted octanol–water partition coefficient (Wildman–Crippen LogP) is 7.54. The summed E-state index contributed by atoms with van der Waals surface area (Å²) in [4.78, 5) is 20.4. The number of halogens is 2. The van der Waals surface area contributed by atoms with E-state index in [0.717, 1.165) is 123 Å². The predicted molar refractivity (Wildman–Crippen MR) is 204 cm³/mol. The van der Waals surface area contributed by atoms with E-state index in [-0.39, 0.29) is 24.4 Å². The molecule has 8 heterocycles. The van der Waals surface area contributed by atoms with Crippen LogP contribution < -0.4 is 9.64 Å². The molecule has 53 heavy (non-hydrogen) atoms. The van der Waals surface area contributed by atoms with Crippen molar-refractivity contribution < 1.29 is 23.7 Å². The molecule has 1 saturated carbocycles.